The first-order valence-electron chi connectivity index (χ1n) is 6.03. The molecule has 4 heteroatoms. The molecule has 0 saturated carbocycles. The first-order valence-corrected chi connectivity index (χ1v) is 6.03. The second-order valence-electron chi connectivity index (χ2n) is 4.61. The third-order valence-electron chi connectivity index (χ3n) is 2.98. The van der Waals surface area contributed by atoms with Crippen molar-refractivity contribution in [1.29, 1.82) is 0 Å². The number of nitrogens with zero attached hydrogens (tertiary/aromatic N) is 3. The summed E-state index contributed by atoms with van der Waals surface area (Å²) in [7, 11) is 3.93. The Kier molecular flexibility index (Phi) is 3.67. The van der Waals surface area contributed by atoms with E-state index < -0.39 is 6.10 Å². The van der Waals surface area contributed by atoms with E-state index in [1.807, 2.05) is 50.8 Å². The number of anilines is 1. The van der Waals surface area contributed by atoms with Crippen LogP contribution in [-0.4, -0.2) is 21.9 Å². The zero-order valence-corrected chi connectivity index (χ0v) is 11.0. The number of aliphatic hydroxyl groups is 1. The van der Waals surface area contributed by atoms with Gasteiger partial charge in [0.1, 0.15) is 0 Å². The predicted molar refractivity (Wildman–Crippen MR) is 72.4 cm³/mol. The van der Waals surface area contributed by atoms with Crippen LogP contribution in [0, 0.1) is 0 Å². The normalized spacial score (nSPS) is 12.4. The van der Waals surface area contributed by atoms with Gasteiger partial charge < -0.3 is 10.0 Å². The third kappa shape index (κ3) is 2.71. The van der Waals surface area contributed by atoms with Crippen LogP contribution < -0.4 is 4.90 Å². The van der Waals surface area contributed by atoms with Crippen molar-refractivity contribution in [1.82, 2.24) is 9.78 Å². The Hall–Kier alpha value is -1.81. The number of rotatable bonds is 4. The molecule has 1 aromatic heterocycles. The van der Waals surface area contributed by atoms with Gasteiger partial charge in [-0.15, -0.1) is 0 Å². The molecule has 18 heavy (non-hydrogen) atoms. The van der Waals surface area contributed by atoms with E-state index in [-0.39, 0.29) is 0 Å². The minimum absolute atomic E-state index is 0.461. The standard InChI is InChI=1S/C14H19N3O/c1-11(18)13-6-4-5-7-14(13)16(2)9-12-8-15-17(3)10-12/h4-8,10-11,18H,9H2,1-3H3/t11-/m1/s1. The molecule has 0 radical (unpaired) electrons. The summed E-state index contributed by atoms with van der Waals surface area (Å²) in [4.78, 5) is 2.12. The van der Waals surface area contributed by atoms with Gasteiger partial charge >= 0.3 is 0 Å². The molecule has 2 aromatic rings. The molecule has 0 unspecified atom stereocenters. The van der Waals surface area contributed by atoms with Crippen LogP contribution in [0.15, 0.2) is 36.7 Å². The highest BCUT2D eigenvalue weighted by Gasteiger charge is 2.11. The lowest BCUT2D eigenvalue weighted by molar-refractivity contribution is 0.199. The molecule has 0 saturated heterocycles. The number of benzene rings is 1. The number of hydrogen-bond acceptors (Lipinski definition) is 3. The number of aliphatic hydroxyl groups excluding tert-OH is 1. The van der Waals surface area contributed by atoms with Crippen molar-refractivity contribution in [3.8, 4) is 0 Å². The Morgan fingerprint density at radius 1 is 1.39 bits per heavy atom. The van der Waals surface area contributed by atoms with Gasteiger partial charge in [0.25, 0.3) is 0 Å². The molecular weight excluding hydrogens is 226 g/mol. The zero-order valence-electron chi connectivity index (χ0n) is 11.0. The maximum absolute atomic E-state index is 9.78. The van der Waals surface area contributed by atoms with Gasteiger partial charge in [-0.1, -0.05) is 18.2 Å². The molecule has 0 aliphatic heterocycles. The highest BCUT2D eigenvalue weighted by Crippen LogP contribution is 2.26. The Bertz CT molecular complexity index is 519. The Balaban J connectivity index is 2.20. The average molecular weight is 245 g/mol. The lowest BCUT2D eigenvalue weighted by Crippen LogP contribution is -2.18. The largest absolute Gasteiger partial charge is 0.389 e. The van der Waals surface area contributed by atoms with Crippen molar-refractivity contribution < 1.29 is 5.11 Å². The minimum Gasteiger partial charge on any atom is -0.389 e. The van der Waals surface area contributed by atoms with Crippen LogP contribution in [0.25, 0.3) is 0 Å². The van der Waals surface area contributed by atoms with Gasteiger partial charge in [0.05, 0.1) is 12.3 Å². The molecule has 4 nitrogen and oxygen atoms in total. The van der Waals surface area contributed by atoms with Gasteiger partial charge in [-0.25, -0.2) is 0 Å². The van der Waals surface area contributed by atoms with Gasteiger partial charge in [0.15, 0.2) is 0 Å². The van der Waals surface area contributed by atoms with E-state index in [1.165, 1.54) is 0 Å². The quantitative estimate of drug-likeness (QED) is 0.897. The van der Waals surface area contributed by atoms with Crippen LogP contribution in [-0.2, 0) is 13.6 Å². The number of aromatic nitrogens is 2. The number of para-hydroxylation sites is 1. The molecule has 1 aromatic carbocycles. The molecule has 0 aliphatic rings. The van der Waals surface area contributed by atoms with Crippen molar-refractivity contribution in [2.24, 2.45) is 7.05 Å². The highest BCUT2D eigenvalue weighted by atomic mass is 16.3. The lowest BCUT2D eigenvalue weighted by Gasteiger charge is -2.23. The minimum atomic E-state index is -0.461. The molecule has 1 atom stereocenters. The van der Waals surface area contributed by atoms with E-state index in [4.69, 9.17) is 0 Å². The molecule has 0 amide bonds. The zero-order chi connectivity index (χ0) is 13.1. The van der Waals surface area contributed by atoms with E-state index in [0.29, 0.717) is 0 Å². The van der Waals surface area contributed by atoms with Crippen LogP contribution in [0.3, 0.4) is 0 Å². The molecule has 2 rings (SSSR count). The summed E-state index contributed by atoms with van der Waals surface area (Å²) in [6.07, 6.45) is 3.40. The van der Waals surface area contributed by atoms with Gasteiger partial charge in [0, 0.05) is 43.7 Å². The Morgan fingerprint density at radius 2 is 2.11 bits per heavy atom. The van der Waals surface area contributed by atoms with Crippen LogP contribution in [0.5, 0.6) is 0 Å². The van der Waals surface area contributed by atoms with Crippen LogP contribution >= 0.6 is 0 Å². The van der Waals surface area contributed by atoms with Crippen molar-refractivity contribution >= 4 is 5.69 Å². The molecule has 96 valence electrons. The average Bonchev–Trinajstić information content (AvgIpc) is 2.74. The first kappa shape index (κ1) is 12.6. The number of aryl methyl sites for hydroxylation is 1. The molecule has 1 N–H and O–H groups in total. The van der Waals surface area contributed by atoms with Crippen LogP contribution in [0.4, 0.5) is 5.69 Å². The summed E-state index contributed by atoms with van der Waals surface area (Å²) in [6.45, 7) is 2.56. The van der Waals surface area contributed by atoms with E-state index >= 15 is 0 Å². The SMILES string of the molecule is C[C@@H](O)c1ccccc1N(C)Cc1cnn(C)c1. The molecule has 1 heterocycles. The molecule has 0 fully saturated rings. The fraction of sp³-hybridized carbons (Fsp3) is 0.357. The van der Waals surface area contributed by atoms with E-state index in [0.717, 1.165) is 23.4 Å². The predicted octanol–water partition coefficient (Wildman–Crippen LogP) is 2.11. The molecule has 0 spiro atoms. The summed E-state index contributed by atoms with van der Waals surface area (Å²) in [5.74, 6) is 0. The van der Waals surface area contributed by atoms with E-state index in [1.54, 1.807) is 11.6 Å². The maximum Gasteiger partial charge on any atom is 0.0781 e. The number of hydrogen-bond donors (Lipinski definition) is 1. The summed E-state index contributed by atoms with van der Waals surface area (Å²) in [5.41, 5.74) is 3.15. The first-order chi connectivity index (χ1) is 8.58. The summed E-state index contributed by atoms with van der Waals surface area (Å²) in [5, 5.41) is 13.9. The van der Waals surface area contributed by atoms with E-state index in [2.05, 4.69) is 10.00 Å². The van der Waals surface area contributed by atoms with Crippen molar-refractivity contribution in [3.63, 3.8) is 0 Å². The van der Waals surface area contributed by atoms with Gasteiger partial charge in [0.2, 0.25) is 0 Å². The highest BCUT2D eigenvalue weighted by molar-refractivity contribution is 5.54. The Labute approximate surface area is 107 Å². The van der Waals surface area contributed by atoms with Crippen molar-refractivity contribution in [2.45, 2.75) is 19.6 Å². The maximum atomic E-state index is 9.78. The molecular formula is C14H19N3O. The topological polar surface area (TPSA) is 41.3 Å². The fourth-order valence-electron chi connectivity index (χ4n) is 2.10. The summed E-state index contributed by atoms with van der Waals surface area (Å²) >= 11 is 0. The molecule has 0 bridgehead atoms. The fourth-order valence-corrected chi connectivity index (χ4v) is 2.10. The second kappa shape index (κ2) is 5.23. The van der Waals surface area contributed by atoms with Crippen LogP contribution in [0.1, 0.15) is 24.2 Å². The monoisotopic (exact) mass is 245 g/mol. The Morgan fingerprint density at radius 3 is 2.72 bits per heavy atom. The third-order valence-corrected chi connectivity index (χ3v) is 2.98. The summed E-state index contributed by atoms with van der Waals surface area (Å²) < 4.78 is 1.80. The molecule has 0 aliphatic carbocycles. The second-order valence-corrected chi connectivity index (χ2v) is 4.61. The smallest absolute Gasteiger partial charge is 0.0781 e. The van der Waals surface area contributed by atoms with E-state index in [9.17, 15) is 5.11 Å². The van der Waals surface area contributed by atoms with Gasteiger partial charge in [-0.05, 0) is 13.0 Å². The van der Waals surface area contributed by atoms with Crippen LogP contribution in [0.2, 0.25) is 0 Å². The van der Waals surface area contributed by atoms with Crippen molar-refractivity contribution in [2.75, 3.05) is 11.9 Å². The van der Waals surface area contributed by atoms with Crippen molar-refractivity contribution in [3.05, 3.63) is 47.8 Å². The summed E-state index contributed by atoms with van der Waals surface area (Å²) in [6, 6.07) is 7.92. The van der Waals surface area contributed by atoms with Gasteiger partial charge in [-0.3, -0.25) is 4.68 Å². The lowest BCUT2D eigenvalue weighted by atomic mass is 10.1. The van der Waals surface area contributed by atoms with Gasteiger partial charge in [-0.2, -0.15) is 5.10 Å².